The van der Waals surface area contributed by atoms with Crippen molar-refractivity contribution in [2.45, 2.75) is 0 Å². The van der Waals surface area contributed by atoms with Crippen LogP contribution < -0.4 is 0 Å². The van der Waals surface area contributed by atoms with Crippen LogP contribution in [-0.2, 0) is 0 Å². The quantitative estimate of drug-likeness (QED) is 0.633. The van der Waals surface area contributed by atoms with E-state index in [-0.39, 0.29) is 0 Å². The lowest BCUT2D eigenvalue weighted by atomic mass is 10.4. The molecule has 0 spiro atoms. The summed E-state index contributed by atoms with van der Waals surface area (Å²) in [6.07, 6.45) is 4.52. The topological polar surface area (TPSA) is 0 Å². The van der Waals surface area contributed by atoms with Crippen molar-refractivity contribution in [2.24, 2.45) is 0 Å². The fourth-order valence-electron chi connectivity index (χ4n) is 1.33. The highest BCUT2D eigenvalue weighted by molar-refractivity contribution is 8.28. The average Bonchev–Trinajstić information content (AvgIpc) is 3.02. The zero-order chi connectivity index (χ0) is 11.5. The molecule has 0 saturated heterocycles. The van der Waals surface area contributed by atoms with Crippen LogP contribution in [-0.4, -0.2) is 0 Å². The van der Waals surface area contributed by atoms with Crippen LogP contribution in [0.4, 0.5) is 0 Å². The maximum atomic E-state index is 2.26. The number of hydrogen-bond donors (Lipinski definition) is 0. The Morgan fingerprint density at radius 2 is 1.06 bits per heavy atom. The number of hydrogen-bond acceptors (Lipinski definition) is 5. The minimum atomic E-state index is 1.33. The van der Waals surface area contributed by atoms with Crippen molar-refractivity contribution < 1.29 is 0 Å². The van der Waals surface area contributed by atoms with Crippen LogP contribution in [0.25, 0.3) is 12.2 Å². The van der Waals surface area contributed by atoms with Crippen molar-refractivity contribution in [3.63, 3.8) is 0 Å². The van der Waals surface area contributed by atoms with Gasteiger partial charge in [0.25, 0.3) is 0 Å². The van der Waals surface area contributed by atoms with Gasteiger partial charge in [0.05, 0.1) is 8.47 Å². The molecule has 86 valence electrons. The van der Waals surface area contributed by atoms with Gasteiger partial charge in [0.15, 0.2) is 0 Å². The Morgan fingerprint density at radius 3 is 1.47 bits per heavy atom. The number of thioether (sulfide) groups is 4. The van der Waals surface area contributed by atoms with Crippen LogP contribution in [0.15, 0.2) is 42.2 Å². The normalized spacial score (nSPS) is 18.1. The minimum Gasteiger partial charge on any atom is -0.136 e. The summed E-state index contributed by atoms with van der Waals surface area (Å²) in [5.41, 5.74) is 0. The molecule has 0 amide bonds. The summed E-state index contributed by atoms with van der Waals surface area (Å²) in [6.45, 7) is 0. The molecule has 2 aliphatic rings. The van der Waals surface area contributed by atoms with Crippen LogP contribution in [0.3, 0.4) is 0 Å². The molecule has 0 saturated carbocycles. The van der Waals surface area contributed by atoms with Gasteiger partial charge in [-0.15, -0.1) is 11.3 Å². The van der Waals surface area contributed by atoms with Crippen LogP contribution >= 0.6 is 58.4 Å². The van der Waals surface area contributed by atoms with Crippen molar-refractivity contribution in [3.05, 3.63) is 52.0 Å². The van der Waals surface area contributed by atoms with Gasteiger partial charge in [-0.05, 0) is 45.9 Å². The van der Waals surface area contributed by atoms with E-state index >= 15 is 0 Å². The zero-order valence-electron chi connectivity index (χ0n) is 8.66. The molecule has 0 aromatic carbocycles. The maximum Gasteiger partial charge on any atom is 0.0501 e. The fraction of sp³-hybridized carbons (Fsp3) is 0. The first kappa shape index (κ1) is 12.1. The molecule has 0 N–H and O–H groups in total. The second kappa shape index (κ2) is 5.80. The number of thiophene rings is 1. The van der Waals surface area contributed by atoms with E-state index in [2.05, 4.69) is 45.9 Å². The minimum absolute atomic E-state index is 1.33. The van der Waals surface area contributed by atoms with Crippen molar-refractivity contribution in [1.29, 1.82) is 0 Å². The monoisotopic (exact) mass is 312 g/mol. The third-order valence-corrected chi connectivity index (χ3v) is 6.98. The second-order valence-corrected chi connectivity index (χ2v) is 8.64. The molecule has 0 unspecified atom stereocenters. The second-order valence-electron chi connectivity index (χ2n) is 3.18. The Labute approximate surface area is 122 Å². The Balaban J connectivity index is 1.74. The first-order chi connectivity index (χ1) is 8.40. The third-order valence-electron chi connectivity index (χ3n) is 2.02. The third kappa shape index (κ3) is 3.29. The SMILES string of the molecule is C1=CSC(=Cc2ccc(C=C3SC=CS3)s2)S1. The van der Waals surface area contributed by atoms with Crippen molar-refractivity contribution in [2.75, 3.05) is 0 Å². The lowest BCUT2D eigenvalue weighted by molar-refractivity contribution is 1.92. The van der Waals surface area contributed by atoms with E-state index in [4.69, 9.17) is 0 Å². The molecular weight excluding hydrogens is 304 g/mol. The van der Waals surface area contributed by atoms with Gasteiger partial charge in [0.2, 0.25) is 0 Å². The van der Waals surface area contributed by atoms with Gasteiger partial charge in [0, 0.05) is 9.75 Å². The van der Waals surface area contributed by atoms with Gasteiger partial charge in [-0.2, -0.15) is 0 Å². The highest BCUT2D eigenvalue weighted by Gasteiger charge is 2.05. The largest absolute Gasteiger partial charge is 0.136 e. The molecule has 1 aromatic rings. The molecular formula is C12H8S5. The van der Waals surface area contributed by atoms with Gasteiger partial charge in [-0.3, -0.25) is 0 Å². The van der Waals surface area contributed by atoms with Crippen molar-refractivity contribution in [3.8, 4) is 0 Å². The highest BCUT2D eigenvalue weighted by Crippen LogP contribution is 2.41. The predicted octanol–water partition coefficient (Wildman–Crippen LogP) is 6.25. The Bertz CT molecular complexity index is 466. The molecule has 0 fully saturated rings. The Morgan fingerprint density at radius 1 is 0.647 bits per heavy atom. The first-order valence-corrected chi connectivity index (χ1v) is 9.23. The van der Waals surface area contributed by atoms with E-state index in [1.807, 2.05) is 11.3 Å². The number of rotatable bonds is 2. The van der Waals surface area contributed by atoms with Crippen LogP contribution in [0.2, 0.25) is 0 Å². The Hall–Kier alpha value is 0.0600. The van der Waals surface area contributed by atoms with Gasteiger partial charge in [-0.1, -0.05) is 47.0 Å². The van der Waals surface area contributed by atoms with Crippen molar-refractivity contribution in [1.82, 2.24) is 0 Å². The van der Waals surface area contributed by atoms with E-state index in [9.17, 15) is 0 Å². The van der Waals surface area contributed by atoms with Crippen LogP contribution in [0.1, 0.15) is 9.75 Å². The molecule has 0 bridgehead atoms. The lowest BCUT2D eigenvalue weighted by Gasteiger charge is -1.92. The molecule has 3 heterocycles. The molecule has 0 aliphatic carbocycles. The van der Waals surface area contributed by atoms with Gasteiger partial charge in [-0.25, -0.2) is 0 Å². The molecule has 0 atom stereocenters. The first-order valence-electron chi connectivity index (χ1n) is 4.90. The van der Waals surface area contributed by atoms with Gasteiger partial charge < -0.3 is 0 Å². The molecule has 5 heteroatoms. The summed E-state index contributed by atoms with van der Waals surface area (Å²) in [4.78, 5) is 2.66. The van der Waals surface area contributed by atoms with Gasteiger partial charge >= 0.3 is 0 Å². The van der Waals surface area contributed by atoms with E-state index < -0.39 is 0 Å². The van der Waals surface area contributed by atoms with Crippen LogP contribution in [0.5, 0.6) is 0 Å². The molecule has 17 heavy (non-hydrogen) atoms. The summed E-state index contributed by atoms with van der Waals surface area (Å²) in [6, 6.07) is 4.39. The average molecular weight is 313 g/mol. The van der Waals surface area contributed by atoms with Gasteiger partial charge in [0.1, 0.15) is 0 Å². The summed E-state index contributed by atoms with van der Waals surface area (Å²) < 4.78 is 2.72. The molecule has 2 aliphatic heterocycles. The standard InChI is InChI=1S/C12H8S5/c1-2-10(8-12-15-5-6-16-12)17-9(1)7-11-13-3-4-14-11/h1-8H. The molecule has 1 aromatic heterocycles. The smallest absolute Gasteiger partial charge is 0.0501 e. The van der Waals surface area contributed by atoms with E-state index in [1.54, 1.807) is 47.0 Å². The lowest BCUT2D eigenvalue weighted by Crippen LogP contribution is -1.60. The molecule has 0 radical (unpaired) electrons. The Kier molecular flexibility index (Phi) is 4.13. The highest BCUT2D eigenvalue weighted by atomic mass is 32.2. The van der Waals surface area contributed by atoms with Crippen molar-refractivity contribution >= 4 is 70.5 Å². The maximum absolute atomic E-state index is 2.26. The summed E-state index contributed by atoms with van der Waals surface area (Å²) in [7, 11) is 0. The summed E-state index contributed by atoms with van der Waals surface area (Å²) >= 11 is 9.03. The van der Waals surface area contributed by atoms with E-state index in [0.717, 1.165) is 0 Å². The predicted molar refractivity (Wildman–Crippen MR) is 88.9 cm³/mol. The molecule has 0 nitrogen and oxygen atoms in total. The zero-order valence-corrected chi connectivity index (χ0v) is 12.7. The molecule has 3 rings (SSSR count). The van der Waals surface area contributed by atoms with Crippen LogP contribution in [0, 0.1) is 0 Å². The van der Waals surface area contributed by atoms with E-state index in [1.165, 1.54) is 18.2 Å². The summed E-state index contributed by atoms with van der Waals surface area (Å²) in [5, 5.41) is 8.52. The van der Waals surface area contributed by atoms with E-state index in [0.29, 0.717) is 0 Å². The fourth-order valence-corrected chi connectivity index (χ4v) is 5.84. The summed E-state index contributed by atoms with van der Waals surface area (Å²) in [5.74, 6) is 0.